The van der Waals surface area contributed by atoms with Crippen molar-refractivity contribution in [3.63, 3.8) is 0 Å². The number of rotatable bonds is 14. The van der Waals surface area contributed by atoms with Crippen molar-refractivity contribution in [1.82, 2.24) is 0 Å². The molecule has 12 nitrogen and oxygen atoms in total. The van der Waals surface area contributed by atoms with Gasteiger partial charge in [0.1, 0.15) is 29.0 Å². The number of nitriles is 1. The van der Waals surface area contributed by atoms with Crippen LogP contribution in [0.2, 0.25) is 0 Å². The highest BCUT2D eigenvalue weighted by Gasteiger charge is 2.72. The van der Waals surface area contributed by atoms with E-state index < -0.39 is 33.9 Å². The van der Waals surface area contributed by atoms with Gasteiger partial charge in [0.25, 0.3) is 0 Å². The number of aliphatic hydroxyl groups is 1. The van der Waals surface area contributed by atoms with E-state index in [1.807, 2.05) is 90.0 Å². The number of hydrogen-bond acceptors (Lipinski definition) is 12. The van der Waals surface area contributed by atoms with E-state index >= 15 is 0 Å². The largest absolute Gasteiger partial charge is 0.459 e. The van der Waals surface area contributed by atoms with Gasteiger partial charge in [-0.15, -0.1) is 0 Å². The summed E-state index contributed by atoms with van der Waals surface area (Å²) in [6.45, 7) is 32.0. The summed E-state index contributed by atoms with van der Waals surface area (Å²) in [6.07, 6.45) is 19.8. The van der Waals surface area contributed by atoms with Crippen molar-refractivity contribution in [3.8, 4) is 6.07 Å². The summed E-state index contributed by atoms with van der Waals surface area (Å²) in [7, 11) is 0. The van der Waals surface area contributed by atoms with Crippen LogP contribution in [0.5, 0.6) is 0 Å². The molecular weight excluding hydrogens is 935 g/mol. The highest BCUT2D eigenvalue weighted by molar-refractivity contribution is 5.85. The zero-order valence-electron chi connectivity index (χ0n) is 48.9. The normalized spacial score (nSPS) is 37.0. The van der Waals surface area contributed by atoms with Gasteiger partial charge in [0, 0.05) is 23.7 Å². The molecule has 74 heavy (non-hydrogen) atoms. The molecule has 7 atom stereocenters. The van der Waals surface area contributed by atoms with Gasteiger partial charge < -0.3 is 28.8 Å². The molecule has 12 fully saturated rings. The molecular formula is C62H99NO11. The van der Waals surface area contributed by atoms with Gasteiger partial charge in [-0.25, -0.2) is 0 Å². The number of nitrogens with zero attached hydrogens (tertiary/aromatic N) is 1. The van der Waals surface area contributed by atoms with Crippen LogP contribution in [-0.4, -0.2) is 69.6 Å². The van der Waals surface area contributed by atoms with Crippen LogP contribution in [-0.2, 0) is 47.7 Å². The molecule has 12 heteroatoms. The number of carbonyl (C=O) groups is 5. The number of ether oxygens (including phenoxy) is 5. The van der Waals surface area contributed by atoms with Crippen LogP contribution in [0, 0.1) is 91.2 Å². The maximum absolute atomic E-state index is 12.6. The minimum atomic E-state index is -0.974. The molecule has 7 unspecified atom stereocenters. The Balaban J connectivity index is 0.000000146. The summed E-state index contributed by atoms with van der Waals surface area (Å²) in [5, 5.41) is 20.0. The first-order valence-corrected chi connectivity index (χ1v) is 29.3. The molecule has 1 heterocycles. The molecule has 1 saturated heterocycles. The lowest BCUT2D eigenvalue weighted by atomic mass is 9.46. The molecule has 1 N–H and O–H groups in total. The molecule has 0 aromatic carbocycles. The molecule has 418 valence electrons. The van der Waals surface area contributed by atoms with E-state index in [1.165, 1.54) is 57.8 Å². The van der Waals surface area contributed by atoms with Crippen molar-refractivity contribution in [2.75, 3.05) is 0 Å². The molecule has 10 bridgehead atoms. The maximum Gasteiger partial charge on any atom is 0.327 e. The summed E-state index contributed by atoms with van der Waals surface area (Å²) < 4.78 is 28.7. The van der Waals surface area contributed by atoms with Gasteiger partial charge in [-0.2, -0.15) is 5.26 Å². The molecule has 12 aliphatic rings. The van der Waals surface area contributed by atoms with E-state index in [9.17, 15) is 34.3 Å². The summed E-state index contributed by atoms with van der Waals surface area (Å²) in [5.41, 5.74) is -3.85. The SMILES string of the molecule is CCC(C)(C)C(=O)OC(C)(C)C12CC3CC(CC(C3)C1)C2.CCC(C)(C)C(=O)OC(C)(C)C1CC1.CCC(C)(C)C(=O)OC12CC3CC(CC(O)(C3)C1)C2.CCC(C)(C)C(=O)OC1C2CC3C1OC(=O)C3(C#N)C2. The lowest BCUT2D eigenvalue weighted by molar-refractivity contribution is -0.225. The molecule has 0 spiro atoms. The van der Waals surface area contributed by atoms with Crippen molar-refractivity contribution in [2.24, 2.45) is 79.8 Å². The fourth-order valence-corrected chi connectivity index (χ4v) is 15.3. The third-order valence-corrected chi connectivity index (χ3v) is 21.6. The maximum atomic E-state index is 12.6. The minimum Gasteiger partial charge on any atom is -0.459 e. The van der Waals surface area contributed by atoms with Crippen molar-refractivity contribution < 1.29 is 52.8 Å². The second-order valence-corrected chi connectivity index (χ2v) is 29.7. The van der Waals surface area contributed by atoms with E-state index in [0.717, 1.165) is 69.1 Å². The smallest absolute Gasteiger partial charge is 0.327 e. The highest BCUT2D eigenvalue weighted by atomic mass is 16.6. The number of carbonyl (C=O) groups excluding carboxylic acids is 5. The topological polar surface area (TPSA) is 176 Å². The van der Waals surface area contributed by atoms with Gasteiger partial charge in [0.05, 0.1) is 33.3 Å². The van der Waals surface area contributed by atoms with E-state index in [-0.39, 0.29) is 74.9 Å². The Morgan fingerprint density at radius 2 is 1.05 bits per heavy atom. The van der Waals surface area contributed by atoms with Crippen LogP contribution in [0.3, 0.4) is 0 Å². The van der Waals surface area contributed by atoms with Gasteiger partial charge in [-0.3, -0.25) is 24.0 Å². The Hall–Kier alpha value is -3.20. The van der Waals surface area contributed by atoms with E-state index in [0.29, 0.717) is 37.0 Å². The van der Waals surface area contributed by atoms with E-state index in [1.54, 1.807) is 0 Å². The fourth-order valence-electron chi connectivity index (χ4n) is 15.3. The molecule has 0 aromatic heterocycles. The van der Waals surface area contributed by atoms with Gasteiger partial charge >= 0.3 is 29.8 Å². The van der Waals surface area contributed by atoms with E-state index in [2.05, 4.69) is 26.8 Å². The number of hydrogen-bond donors (Lipinski definition) is 1. The Labute approximate surface area is 446 Å². The van der Waals surface area contributed by atoms with Crippen LogP contribution < -0.4 is 0 Å². The quantitative estimate of drug-likeness (QED) is 0.129. The average molecular weight is 1030 g/mol. The monoisotopic (exact) mass is 1030 g/mol. The standard InChI is InChI=1S/C19H32O2.C16H26O3.C15H19NO4.C12H22O2/c1-6-17(2,3)16(20)21-18(4,5)19-10-13-7-14(11-19)9-15(8-13)12-19;1-4-14(2,3)13(17)19-16-8-11-5-12(9-16)7-15(18,6-11)10-16;1-4-14(2,3)12(17)19-10-8-5-9-11(10)20-13(18)15(9,6-8)7-16;1-6-11(2,3)10(13)14-12(4,5)9-7-8-9/h13-15H,6-12H2,1-5H3;11-12,18H,4-10H2,1-3H3;8-11H,4-6H2,1-3H3;9H,6-8H2,1-5H3. The molecule has 11 saturated carbocycles. The van der Waals surface area contributed by atoms with Crippen molar-refractivity contribution >= 4 is 29.8 Å². The average Bonchev–Trinajstić information content (AvgIpc) is 3.99. The second-order valence-electron chi connectivity index (χ2n) is 29.7. The Bertz CT molecular complexity index is 2120. The zero-order chi connectivity index (χ0) is 55.0. The van der Waals surface area contributed by atoms with Crippen molar-refractivity contribution in [3.05, 3.63) is 0 Å². The molecule has 0 amide bonds. The van der Waals surface area contributed by atoms with Crippen LogP contribution in [0.15, 0.2) is 0 Å². The lowest BCUT2D eigenvalue weighted by Gasteiger charge is -2.61. The summed E-state index contributed by atoms with van der Waals surface area (Å²) >= 11 is 0. The molecule has 11 aliphatic carbocycles. The first kappa shape index (κ1) is 58.5. The van der Waals surface area contributed by atoms with Gasteiger partial charge in [0.15, 0.2) is 5.41 Å². The predicted octanol–water partition coefficient (Wildman–Crippen LogP) is 13.0. The second kappa shape index (κ2) is 20.2. The zero-order valence-corrected chi connectivity index (χ0v) is 48.9. The number of esters is 5. The minimum absolute atomic E-state index is 0.00857. The summed E-state index contributed by atoms with van der Waals surface area (Å²) in [6, 6.07) is 2.15. The highest BCUT2D eigenvalue weighted by Crippen LogP contribution is 2.65. The van der Waals surface area contributed by atoms with Crippen LogP contribution in [0.25, 0.3) is 0 Å². The fraction of sp³-hybridized carbons (Fsp3) is 0.903. The van der Waals surface area contributed by atoms with Gasteiger partial charge in [-0.05, 0) is 241 Å². The third kappa shape index (κ3) is 11.4. The summed E-state index contributed by atoms with van der Waals surface area (Å²) in [5.74, 6) is 3.54. The van der Waals surface area contributed by atoms with Crippen molar-refractivity contribution in [2.45, 2.75) is 274 Å². The van der Waals surface area contributed by atoms with Crippen LogP contribution >= 0.6 is 0 Å². The lowest BCUT2D eigenvalue weighted by Crippen LogP contribution is -2.61. The molecule has 0 radical (unpaired) electrons. The Morgan fingerprint density at radius 1 is 0.608 bits per heavy atom. The van der Waals surface area contributed by atoms with Crippen molar-refractivity contribution in [1.29, 1.82) is 5.26 Å². The van der Waals surface area contributed by atoms with Crippen LogP contribution in [0.4, 0.5) is 0 Å². The molecule has 1 aliphatic heterocycles. The summed E-state index contributed by atoms with van der Waals surface area (Å²) in [4.78, 5) is 60.9. The predicted molar refractivity (Wildman–Crippen MR) is 282 cm³/mol. The molecule has 12 rings (SSSR count). The molecule has 0 aromatic rings. The van der Waals surface area contributed by atoms with Gasteiger partial charge in [-0.1, -0.05) is 27.7 Å². The Kier molecular flexibility index (Phi) is 16.0. The van der Waals surface area contributed by atoms with E-state index in [4.69, 9.17) is 23.7 Å². The first-order valence-electron chi connectivity index (χ1n) is 29.3. The third-order valence-electron chi connectivity index (χ3n) is 21.6. The van der Waals surface area contributed by atoms with Crippen LogP contribution in [0.1, 0.15) is 239 Å². The van der Waals surface area contributed by atoms with Gasteiger partial charge in [0.2, 0.25) is 0 Å². The first-order chi connectivity index (χ1) is 34.1. The Morgan fingerprint density at radius 3 is 1.50 bits per heavy atom. The number of fused-ring (bicyclic) bond motifs is 1.